The fourth-order valence-electron chi connectivity index (χ4n) is 2.30. The quantitative estimate of drug-likeness (QED) is 0.839. The van der Waals surface area contributed by atoms with Crippen molar-refractivity contribution in [2.45, 2.75) is 12.5 Å². The molecule has 22 heavy (non-hydrogen) atoms. The van der Waals surface area contributed by atoms with Crippen LogP contribution in [0.2, 0.25) is 0 Å². The van der Waals surface area contributed by atoms with E-state index >= 15 is 0 Å². The first-order valence-corrected chi connectivity index (χ1v) is 10.1. The number of benzene rings is 1. The fraction of sp³-hybridized carbons (Fsp3) is 0.538. The van der Waals surface area contributed by atoms with Gasteiger partial charge in [0.15, 0.2) is 9.84 Å². The number of hydrogen-bond donors (Lipinski definition) is 1. The molecule has 1 aromatic rings. The molecule has 1 aliphatic rings. The monoisotopic (exact) mass is 347 g/mol. The predicted molar refractivity (Wildman–Crippen MR) is 88.1 cm³/mol. The molecule has 7 nitrogen and oxygen atoms in total. The summed E-state index contributed by atoms with van der Waals surface area (Å²) in [6, 6.07) is 6.85. The fourth-order valence-corrected chi connectivity index (χ4v) is 4.69. The van der Waals surface area contributed by atoms with Crippen molar-refractivity contribution in [2.24, 2.45) is 0 Å². The third-order valence-electron chi connectivity index (χ3n) is 3.76. The van der Waals surface area contributed by atoms with Crippen LogP contribution in [0.25, 0.3) is 0 Å². The Bertz CT molecular complexity index is 727. The van der Waals surface area contributed by atoms with Gasteiger partial charge in [-0.05, 0) is 30.7 Å². The maximum atomic E-state index is 11.7. The first kappa shape index (κ1) is 17.0. The Balaban J connectivity index is 2.09. The molecule has 1 heterocycles. The van der Waals surface area contributed by atoms with Gasteiger partial charge < -0.3 is 4.90 Å². The average Bonchev–Trinajstić information content (AvgIpc) is 2.78. The van der Waals surface area contributed by atoms with Gasteiger partial charge in [0.25, 0.3) is 0 Å². The maximum Gasteiger partial charge on any atom is 0.301 e. The Morgan fingerprint density at radius 2 is 1.73 bits per heavy atom. The zero-order valence-corrected chi connectivity index (χ0v) is 14.5. The van der Waals surface area contributed by atoms with Crippen LogP contribution in [0.4, 0.5) is 11.4 Å². The van der Waals surface area contributed by atoms with E-state index in [1.807, 2.05) is 11.9 Å². The molecule has 1 aliphatic heterocycles. The zero-order valence-electron chi connectivity index (χ0n) is 12.9. The van der Waals surface area contributed by atoms with Gasteiger partial charge in [0.2, 0.25) is 0 Å². The van der Waals surface area contributed by atoms with E-state index in [0.717, 1.165) is 9.99 Å². The van der Waals surface area contributed by atoms with Gasteiger partial charge in [-0.25, -0.2) is 8.42 Å². The van der Waals surface area contributed by atoms with E-state index in [0.29, 0.717) is 12.1 Å². The molecule has 0 spiro atoms. The molecule has 1 unspecified atom stereocenters. The number of sulfone groups is 1. The van der Waals surface area contributed by atoms with Crippen LogP contribution in [0.5, 0.6) is 0 Å². The maximum absolute atomic E-state index is 11.7. The molecule has 1 fully saturated rings. The van der Waals surface area contributed by atoms with Crippen LogP contribution in [0.3, 0.4) is 0 Å². The summed E-state index contributed by atoms with van der Waals surface area (Å²) in [5.74, 6) is 0.390. The first-order chi connectivity index (χ1) is 10.1. The van der Waals surface area contributed by atoms with Crippen LogP contribution in [0.1, 0.15) is 6.42 Å². The molecule has 9 heteroatoms. The number of nitrogens with one attached hydrogen (secondary N) is 1. The van der Waals surface area contributed by atoms with Crippen molar-refractivity contribution in [3.63, 3.8) is 0 Å². The predicted octanol–water partition coefficient (Wildman–Crippen LogP) is 0.528. The van der Waals surface area contributed by atoms with Crippen molar-refractivity contribution in [1.82, 2.24) is 4.31 Å². The number of hydrogen-bond acceptors (Lipinski definition) is 5. The van der Waals surface area contributed by atoms with Crippen molar-refractivity contribution < 1.29 is 16.8 Å². The van der Waals surface area contributed by atoms with E-state index in [4.69, 9.17) is 0 Å². The van der Waals surface area contributed by atoms with Gasteiger partial charge in [-0.1, -0.05) is 0 Å². The molecule has 1 saturated heterocycles. The topological polar surface area (TPSA) is 86.8 Å². The molecule has 1 N–H and O–H groups in total. The van der Waals surface area contributed by atoms with Crippen molar-refractivity contribution >= 4 is 31.4 Å². The highest BCUT2D eigenvalue weighted by Crippen LogP contribution is 2.24. The lowest BCUT2D eigenvalue weighted by atomic mass is 10.2. The average molecular weight is 347 g/mol. The molecular weight excluding hydrogens is 326 g/mol. The molecule has 0 radical (unpaired) electrons. The van der Waals surface area contributed by atoms with E-state index in [1.165, 1.54) is 14.1 Å². The van der Waals surface area contributed by atoms with E-state index in [1.54, 1.807) is 24.3 Å². The third kappa shape index (κ3) is 3.90. The second-order valence-corrected chi connectivity index (χ2v) is 9.72. The van der Waals surface area contributed by atoms with Crippen LogP contribution >= 0.6 is 0 Å². The van der Waals surface area contributed by atoms with Gasteiger partial charge in [-0.15, -0.1) is 0 Å². The molecule has 0 amide bonds. The molecule has 0 aliphatic carbocycles. The highest BCUT2D eigenvalue weighted by Gasteiger charge is 2.30. The second-order valence-electron chi connectivity index (χ2n) is 5.60. The Kier molecular flexibility index (Phi) is 4.69. The van der Waals surface area contributed by atoms with E-state index in [9.17, 15) is 16.8 Å². The van der Waals surface area contributed by atoms with Crippen molar-refractivity contribution in [1.29, 1.82) is 0 Å². The van der Waals surface area contributed by atoms with Crippen LogP contribution in [-0.4, -0.2) is 59.8 Å². The van der Waals surface area contributed by atoms with Crippen LogP contribution < -0.4 is 9.62 Å². The number of nitrogens with zero attached hydrogens (tertiary/aromatic N) is 2. The molecule has 124 valence electrons. The summed E-state index contributed by atoms with van der Waals surface area (Å²) >= 11 is 0. The minimum absolute atomic E-state index is 0.0330. The molecule has 0 bridgehead atoms. The summed E-state index contributed by atoms with van der Waals surface area (Å²) in [6.07, 6.45) is 0.619. The summed E-state index contributed by atoms with van der Waals surface area (Å²) < 4.78 is 50.1. The first-order valence-electron chi connectivity index (χ1n) is 6.84. The lowest BCUT2D eigenvalue weighted by Gasteiger charge is -2.25. The molecule has 0 aromatic heterocycles. The summed E-state index contributed by atoms with van der Waals surface area (Å²) in [5.41, 5.74) is 1.32. The van der Waals surface area contributed by atoms with Gasteiger partial charge in [-0.3, -0.25) is 4.72 Å². The summed E-state index contributed by atoms with van der Waals surface area (Å²) in [6.45, 7) is 0. The standard InChI is InChI=1S/C13H21N3O4S2/c1-15(2)22(19,20)14-11-4-6-12(7-5-11)16(3)13-8-9-21(17,18)10-13/h4-7,13-14H,8-10H2,1-3H3. The Morgan fingerprint density at radius 1 is 1.14 bits per heavy atom. The van der Waals surface area contributed by atoms with Gasteiger partial charge in [0, 0.05) is 38.6 Å². The third-order valence-corrected chi connectivity index (χ3v) is 6.96. The minimum atomic E-state index is -3.52. The normalized spacial score (nSPS) is 21.0. The Hall–Kier alpha value is -1.32. The van der Waals surface area contributed by atoms with Gasteiger partial charge in [0.1, 0.15) is 0 Å². The molecule has 2 rings (SSSR count). The van der Waals surface area contributed by atoms with E-state index < -0.39 is 20.0 Å². The smallest absolute Gasteiger partial charge is 0.301 e. The van der Waals surface area contributed by atoms with Crippen LogP contribution in [0.15, 0.2) is 24.3 Å². The summed E-state index contributed by atoms with van der Waals surface area (Å²) in [7, 11) is -1.70. The van der Waals surface area contributed by atoms with E-state index in [2.05, 4.69) is 4.72 Å². The van der Waals surface area contributed by atoms with Crippen LogP contribution in [-0.2, 0) is 20.0 Å². The van der Waals surface area contributed by atoms with Crippen LogP contribution in [0, 0.1) is 0 Å². The minimum Gasteiger partial charge on any atom is -0.371 e. The number of anilines is 2. The summed E-state index contributed by atoms with van der Waals surface area (Å²) in [5, 5.41) is 0. The van der Waals surface area contributed by atoms with Crippen molar-refractivity contribution in [3.8, 4) is 0 Å². The second kappa shape index (κ2) is 6.05. The molecule has 1 aromatic carbocycles. The largest absolute Gasteiger partial charge is 0.371 e. The number of rotatable bonds is 5. The molecule has 0 saturated carbocycles. The Labute approximate surface area is 132 Å². The highest BCUT2D eigenvalue weighted by atomic mass is 32.2. The Morgan fingerprint density at radius 3 is 2.18 bits per heavy atom. The van der Waals surface area contributed by atoms with E-state index in [-0.39, 0.29) is 17.5 Å². The van der Waals surface area contributed by atoms with Gasteiger partial charge in [0.05, 0.1) is 11.5 Å². The van der Waals surface area contributed by atoms with Crippen molar-refractivity contribution in [2.75, 3.05) is 42.3 Å². The lowest BCUT2D eigenvalue weighted by molar-refractivity contribution is 0.527. The summed E-state index contributed by atoms with van der Waals surface area (Å²) in [4.78, 5) is 1.93. The molecular formula is C13H21N3O4S2. The van der Waals surface area contributed by atoms with Gasteiger partial charge in [-0.2, -0.15) is 12.7 Å². The van der Waals surface area contributed by atoms with Crippen molar-refractivity contribution in [3.05, 3.63) is 24.3 Å². The zero-order chi connectivity index (χ0) is 16.5. The highest BCUT2D eigenvalue weighted by molar-refractivity contribution is 7.91. The van der Waals surface area contributed by atoms with Gasteiger partial charge >= 0.3 is 10.2 Å². The molecule has 1 atom stereocenters. The SMILES string of the molecule is CN(c1ccc(NS(=O)(=O)N(C)C)cc1)C1CCS(=O)(=O)C1. The lowest BCUT2D eigenvalue weighted by Crippen LogP contribution is -2.32.